The molecule has 0 spiro atoms. The summed E-state index contributed by atoms with van der Waals surface area (Å²) in [5, 5.41) is 3.32. The van der Waals surface area contributed by atoms with E-state index in [1.807, 2.05) is 0 Å². The van der Waals surface area contributed by atoms with E-state index < -0.39 is 0 Å². The highest BCUT2D eigenvalue weighted by Crippen LogP contribution is 2.48. The Morgan fingerprint density at radius 1 is 1.33 bits per heavy atom. The van der Waals surface area contributed by atoms with Gasteiger partial charge in [-0.15, -0.1) is 0 Å². The number of nitrogens with one attached hydrogen (secondary N) is 1. The highest BCUT2D eigenvalue weighted by Gasteiger charge is 2.39. The molecule has 0 amide bonds. The lowest BCUT2D eigenvalue weighted by Crippen LogP contribution is -2.20. The number of nitrogens with two attached hydrogens (primary N) is 1. The molecule has 0 heterocycles. The van der Waals surface area contributed by atoms with E-state index in [0.29, 0.717) is 10.2 Å². The van der Waals surface area contributed by atoms with E-state index in [1.165, 1.54) is 31.7 Å². The number of nitrogen functional groups attached to an aromatic ring is 1. The molecule has 0 saturated heterocycles. The lowest BCUT2D eigenvalue weighted by atomic mass is 9.89. The molecule has 2 saturated carbocycles. The van der Waals surface area contributed by atoms with Crippen LogP contribution in [0.1, 0.15) is 25.7 Å². The van der Waals surface area contributed by atoms with Crippen molar-refractivity contribution in [3.05, 3.63) is 22.4 Å². The van der Waals surface area contributed by atoms with E-state index in [9.17, 15) is 4.39 Å². The Morgan fingerprint density at radius 2 is 2.17 bits per heavy atom. The Morgan fingerprint density at radius 3 is 2.83 bits per heavy atom. The summed E-state index contributed by atoms with van der Waals surface area (Å²) in [5.74, 6) is 2.30. The molecule has 3 N–H and O–H groups in total. The number of rotatable bonds is 3. The Kier molecular flexibility index (Phi) is 3.22. The van der Waals surface area contributed by atoms with Crippen LogP contribution in [-0.2, 0) is 0 Å². The van der Waals surface area contributed by atoms with E-state index in [4.69, 9.17) is 5.73 Å². The monoisotopic (exact) mass is 312 g/mol. The Bertz CT molecular complexity index is 463. The van der Waals surface area contributed by atoms with Gasteiger partial charge in [-0.25, -0.2) is 4.39 Å². The normalized spacial score (nSPS) is 29.8. The number of fused-ring (bicyclic) bond motifs is 2. The summed E-state index contributed by atoms with van der Waals surface area (Å²) in [5.41, 5.74) is 7.22. The van der Waals surface area contributed by atoms with Crippen LogP contribution in [0.5, 0.6) is 0 Å². The Labute approximate surface area is 115 Å². The molecule has 2 nitrogen and oxygen atoms in total. The first-order valence-corrected chi connectivity index (χ1v) is 7.41. The zero-order valence-electron chi connectivity index (χ0n) is 10.3. The van der Waals surface area contributed by atoms with Gasteiger partial charge in [0.25, 0.3) is 0 Å². The maximum Gasteiger partial charge on any atom is 0.139 e. The van der Waals surface area contributed by atoms with Crippen molar-refractivity contribution in [2.75, 3.05) is 17.6 Å². The Hall–Kier alpha value is -0.770. The zero-order valence-corrected chi connectivity index (χ0v) is 11.8. The second kappa shape index (κ2) is 4.72. The van der Waals surface area contributed by atoms with Crippen LogP contribution in [0.2, 0.25) is 0 Å². The molecule has 2 fully saturated rings. The summed E-state index contributed by atoms with van der Waals surface area (Å²) < 4.78 is 13.9. The van der Waals surface area contributed by atoms with Gasteiger partial charge < -0.3 is 11.1 Å². The summed E-state index contributed by atoms with van der Waals surface area (Å²) in [6, 6.07) is 3.10. The van der Waals surface area contributed by atoms with Crippen molar-refractivity contribution in [3.63, 3.8) is 0 Å². The number of halogens is 2. The summed E-state index contributed by atoms with van der Waals surface area (Å²) in [6.07, 6.45) is 5.52. The van der Waals surface area contributed by atoms with Crippen molar-refractivity contribution in [3.8, 4) is 0 Å². The van der Waals surface area contributed by atoms with Crippen LogP contribution < -0.4 is 11.1 Å². The third-order valence-electron chi connectivity index (χ3n) is 4.53. The minimum absolute atomic E-state index is 0.264. The molecular formula is C14H18BrFN2. The van der Waals surface area contributed by atoms with Gasteiger partial charge in [0.15, 0.2) is 0 Å². The van der Waals surface area contributed by atoms with Crippen molar-refractivity contribution < 1.29 is 4.39 Å². The maximum absolute atomic E-state index is 13.5. The van der Waals surface area contributed by atoms with Gasteiger partial charge in [-0.05, 0) is 59.0 Å². The SMILES string of the molecule is Nc1cc(Br)c(F)cc1NCC1CC2CCC1C2. The van der Waals surface area contributed by atoms with Gasteiger partial charge in [0.1, 0.15) is 5.82 Å². The molecule has 0 aromatic heterocycles. The van der Waals surface area contributed by atoms with Crippen LogP contribution in [0.25, 0.3) is 0 Å². The largest absolute Gasteiger partial charge is 0.397 e. The van der Waals surface area contributed by atoms with Crippen molar-refractivity contribution in [2.45, 2.75) is 25.7 Å². The van der Waals surface area contributed by atoms with Crippen molar-refractivity contribution in [2.24, 2.45) is 17.8 Å². The lowest BCUT2D eigenvalue weighted by molar-refractivity contribution is 0.348. The van der Waals surface area contributed by atoms with Crippen LogP contribution in [0.3, 0.4) is 0 Å². The second-order valence-electron chi connectivity index (χ2n) is 5.67. The molecule has 0 aliphatic heterocycles. The van der Waals surface area contributed by atoms with Crippen molar-refractivity contribution in [1.29, 1.82) is 0 Å². The highest BCUT2D eigenvalue weighted by molar-refractivity contribution is 9.10. The predicted octanol–water partition coefficient (Wildman–Crippen LogP) is 4.02. The number of benzene rings is 1. The smallest absolute Gasteiger partial charge is 0.139 e. The van der Waals surface area contributed by atoms with Crippen LogP contribution in [0.15, 0.2) is 16.6 Å². The van der Waals surface area contributed by atoms with Gasteiger partial charge in [0.2, 0.25) is 0 Å². The fourth-order valence-electron chi connectivity index (χ4n) is 3.58. The third-order valence-corrected chi connectivity index (χ3v) is 5.14. The number of hydrogen-bond donors (Lipinski definition) is 2. The van der Waals surface area contributed by atoms with Crippen molar-refractivity contribution >= 4 is 27.3 Å². The minimum atomic E-state index is -0.264. The van der Waals surface area contributed by atoms with Crippen molar-refractivity contribution in [1.82, 2.24) is 0 Å². The van der Waals surface area contributed by atoms with Gasteiger partial charge in [0, 0.05) is 12.6 Å². The van der Waals surface area contributed by atoms with E-state index in [-0.39, 0.29) is 5.82 Å². The first kappa shape index (κ1) is 12.3. The van der Waals surface area contributed by atoms with Gasteiger partial charge in [-0.1, -0.05) is 6.42 Å². The average Bonchev–Trinajstić information content (AvgIpc) is 2.94. The molecule has 1 aromatic rings. The molecule has 0 radical (unpaired) electrons. The third kappa shape index (κ3) is 2.22. The molecular weight excluding hydrogens is 295 g/mol. The van der Waals surface area contributed by atoms with E-state index in [1.54, 1.807) is 6.07 Å². The second-order valence-corrected chi connectivity index (χ2v) is 6.52. The molecule has 18 heavy (non-hydrogen) atoms. The van der Waals surface area contributed by atoms with E-state index in [2.05, 4.69) is 21.2 Å². The molecule has 2 aliphatic rings. The van der Waals surface area contributed by atoms with Crippen LogP contribution in [0, 0.1) is 23.6 Å². The van der Waals surface area contributed by atoms with Gasteiger partial charge in [0.05, 0.1) is 15.8 Å². The lowest BCUT2D eigenvalue weighted by Gasteiger charge is -2.22. The Balaban J connectivity index is 1.65. The fourth-order valence-corrected chi connectivity index (χ4v) is 3.94. The maximum atomic E-state index is 13.5. The van der Waals surface area contributed by atoms with Gasteiger partial charge >= 0.3 is 0 Å². The molecule has 4 heteroatoms. The topological polar surface area (TPSA) is 38.0 Å². The van der Waals surface area contributed by atoms with Gasteiger partial charge in [-0.3, -0.25) is 0 Å². The predicted molar refractivity (Wildman–Crippen MR) is 75.9 cm³/mol. The zero-order chi connectivity index (χ0) is 12.7. The molecule has 3 unspecified atom stereocenters. The summed E-state index contributed by atoms with van der Waals surface area (Å²) in [4.78, 5) is 0. The first-order chi connectivity index (χ1) is 8.63. The average molecular weight is 313 g/mol. The summed E-state index contributed by atoms with van der Waals surface area (Å²) in [7, 11) is 0. The molecule has 1 aromatic carbocycles. The van der Waals surface area contributed by atoms with Crippen LogP contribution >= 0.6 is 15.9 Å². The van der Waals surface area contributed by atoms with Crippen LogP contribution in [-0.4, -0.2) is 6.54 Å². The summed E-state index contributed by atoms with van der Waals surface area (Å²) in [6.45, 7) is 0.923. The first-order valence-electron chi connectivity index (χ1n) is 6.62. The number of hydrogen-bond acceptors (Lipinski definition) is 2. The minimum Gasteiger partial charge on any atom is -0.397 e. The fraction of sp³-hybridized carbons (Fsp3) is 0.571. The number of anilines is 2. The van der Waals surface area contributed by atoms with E-state index >= 15 is 0 Å². The molecule has 2 bridgehead atoms. The summed E-state index contributed by atoms with van der Waals surface area (Å²) >= 11 is 3.14. The molecule has 2 aliphatic carbocycles. The molecule has 3 atom stereocenters. The molecule has 3 rings (SSSR count). The highest BCUT2D eigenvalue weighted by atomic mass is 79.9. The standard InChI is InChI=1S/C14H18BrFN2/c15-11-5-13(17)14(6-12(11)16)18-7-10-4-8-1-2-9(10)3-8/h5-6,8-10,18H,1-4,7,17H2. The molecule has 98 valence electrons. The van der Waals surface area contributed by atoms with Crippen LogP contribution in [0.4, 0.5) is 15.8 Å². The quantitative estimate of drug-likeness (QED) is 0.827. The van der Waals surface area contributed by atoms with E-state index in [0.717, 1.165) is 30.0 Å². The van der Waals surface area contributed by atoms with Gasteiger partial charge in [-0.2, -0.15) is 0 Å².